The summed E-state index contributed by atoms with van der Waals surface area (Å²) in [4.78, 5) is 21.0. The second-order valence-electron chi connectivity index (χ2n) is 5.77. The summed E-state index contributed by atoms with van der Waals surface area (Å²) in [6, 6.07) is 7.58. The van der Waals surface area contributed by atoms with Crippen molar-refractivity contribution in [3.8, 4) is 0 Å². The number of hydrogen-bond acceptors (Lipinski definition) is 5. The fraction of sp³-hybridized carbons (Fsp3) is 0.438. The Bertz CT molecular complexity index is 697. The maximum absolute atomic E-state index is 12.6. The fourth-order valence-corrected chi connectivity index (χ4v) is 2.63. The van der Waals surface area contributed by atoms with Crippen molar-refractivity contribution in [2.24, 2.45) is 7.05 Å². The molecule has 23 heavy (non-hydrogen) atoms. The van der Waals surface area contributed by atoms with E-state index in [0.717, 1.165) is 11.5 Å². The van der Waals surface area contributed by atoms with Gasteiger partial charge in [-0.05, 0) is 18.2 Å². The lowest BCUT2D eigenvalue weighted by Gasteiger charge is -2.32. The van der Waals surface area contributed by atoms with Crippen LogP contribution < -0.4 is 4.90 Å². The molecule has 7 heteroatoms. The van der Waals surface area contributed by atoms with Crippen LogP contribution in [0.2, 0.25) is 0 Å². The Kier molecular flexibility index (Phi) is 4.29. The number of aryl methyl sites for hydroxylation is 1. The number of nitrogens with zero attached hydrogens (tertiary/aromatic N) is 5. The maximum atomic E-state index is 12.6. The lowest BCUT2D eigenvalue weighted by Crippen LogP contribution is -2.43. The monoisotopic (exact) mass is 315 g/mol. The van der Waals surface area contributed by atoms with Gasteiger partial charge in [-0.15, -0.1) is 0 Å². The Labute approximate surface area is 135 Å². The minimum atomic E-state index is -0.208. The molecule has 1 aliphatic heterocycles. The smallest absolute Gasteiger partial charge is 0.272 e. The van der Waals surface area contributed by atoms with Crippen LogP contribution in [0.1, 0.15) is 22.3 Å². The molecule has 2 aromatic heterocycles. The van der Waals surface area contributed by atoms with Crippen molar-refractivity contribution < 1.29 is 9.53 Å². The fourth-order valence-electron chi connectivity index (χ4n) is 2.63. The largest absolute Gasteiger partial charge is 0.368 e. The van der Waals surface area contributed by atoms with Crippen LogP contribution in [0.15, 0.2) is 30.5 Å². The number of pyridine rings is 1. The molecule has 2 aromatic rings. The Balaban J connectivity index is 1.77. The number of carbonyl (C=O) groups excluding carboxylic acids is 1. The number of hydrogen-bond donors (Lipinski definition) is 0. The van der Waals surface area contributed by atoms with Crippen molar-refractivity contribution >= 4 is 11.7 Å². The van der Waals surface area contributed by atoms with Crippen molar-refractivity contribution in [2.75, 3.05) is 38.7 Å². The van der Waals surface area contributed by atoms with E-state index in [4.69, 9.17) is 4.74 Å². The average Bonchev–Trinajstić information content (AvgIpc) is 3.00. The molecule has 0 radical (unpaired) electrons. The molecule has 1 aliphatic rings. The predicted octanol–water partition coefficient (Wildman–Crippen LogP) is 1.09. The van der Waals surface area contributed by atoms with Gasteiger partial charge in [0.15, 0.2) is 0 Å². The maximum Gasteiger partial charge on any atom is 0.272 e. The standard InChI is InChI=1S/C16H21N5O2/c1-19(2)15-6-4-5-12(18-15)14-11-21(9-10-23-14)16(22)13-7-8-17-20(13)3/h4-8,14H,9-11H2,1-3H3. The van der Waals surface area contributed by atoms with Crippen LogP contribution in [-0.2, 0) is 11.8 Å². The summed E-state index contributed by atoms with van der Waals surface area (Å²) in [6.07, 6.45) is 1.42. The molecular weight excluding hydrogens is 294 g/mol. The molecule has 1 fully saturated rings. The van der Waals surface area contributed by atoms with Crippen LogP contribution in [-0.4, -0.2) is 59.4 Å². The molecular formula is C16H21N5O2. The van der Waals surface area contributed by atoms with Gasteiger partial charge in [-0.1, -0.05) is 6.07 Å². The van der Waals surface area contributed by atoms with Gasteiger partial charge in [0, 0.05) is 33.9 Å². The zero-order chi connectivity index (χ0) is 16.4. The van der Waals surface area contributed by atoms with Crippen LogP contribution in [0.25, 0.3) is 0 Å². The number of aromatic nitrogens is 3. The van der Waals surface area contributed by atoms with Crippen LogP contribution in [0.5, 0.6) is 0 Å². The molecule has 3 rings (SSSR count). The van der Waals surface area contributed by atoms with E-state index >= 15 is 0 Å². The minimum Gasteiger partial charge on any atom is -0.368 e. The van der Waals surface area contributed by atoms with Gasteiger partial charge in [-0.25, -0.2) is 4.98 Å². The Morgan fingerprint density at radius 2 is 2.17 bits per heavy atom. The van der Waals surface area contributed by atoms with Crippen molar-refractivity contribution in [1.82, 2.24) is 19.7 Å². The third-order valence-corrected chi connectivity index (χ3v) is 3.94. The molecule has 1 atom stereocenters. The molecule has 0 saturated carbocycles. The van der Waals surface area contributed by atoms with Crippen LogP contribution in [0.3, 0.4) is 0 Å². The molecule has 0 aromatic carbocycles. The van der Waals surface area contributed by atoms with Crippen molar-refractivity contribution in [3.05, 3.63) is 41.9 Å². The molecule has 0 aliphatic carbocycles. The third-order valence-electron chi connectivity index (χ3n) is 3.94. The highest BCUT2D eigenvalue weighted by Crippen LogP contribution is 2.23. The second kappa shape index (κ2) is 6.37. The first-order valence-electron chi connectivity index (χ1n) is 7.59. The van der Waals surface area contributed by atoms with Gasteiger partial charge in [-0.2, -0.15) is 5.10 Å². The summed E-state index contributed by atoms with van der Waals surface area (Å²) >= 11 is 0. The topological polar surface area (TPSA) is 63.5 Å². The Morgan fingerprint density at radius 3 is 2.87 bits per heavy atom. The number of ether oxygens (including phenoxy) is 1. The highest BCUT2D eigenvalue weighted by atomic mass is 16.5. The molecule has 0 spiro atoms. The Morgan fingerprint density at radius 1 is 1.35 bits per heavy atom. The second-order valence-corrected chi connectivity index (χ2v) is 5.77. The summed E-state index contributed by atoms with van der Waals surface area (Å²) < 4.78 is 7.42. The van der Waals surface area contributed by atoms with Crippen LogP contribution in [0, 0.1) is 0 Å². The van der Waals surface area contributed by atoms with Crippen LogP contribution >= 0.6 is 0 Å². The Hall–Kier alpha value is -2.41. The van der Waals surface area contributed by atoms with Gasteiger partial charge in [0.2, 0.25) is 0 Å². The number of morpholine rings is 1. The van der Waals surface area contributed by atoms with E-state index in [1.165, 1.54) is 0 Å². The SMILES string of the molecule is CN(C)c1cccc(C2CN(C(=O)c3ccnn3C)CCO2)n1. The highest BCUT2D eigenvalue weighted by molar-refractivity contribution is 5.92. The van der Waals surface area contributed by atoms with Gasteiger partial charge < -0.3 is 14.5 Å². The first-order valence-corrected chi connectivity index (χ1v) is 7.59. The summed E-state index contributed by atoms with van der Waals surface area (Å²) in [7, 11) is 5.67. The normalized spacial score (nSPS) is 18.0. The van der Waals surface area contributed by atoms with Gasteiger partial charge in [0.05, 0.1) is 18.8 Å². The molecule has 3 heterocycles. The summed E-state index contributed by atoms with van der Waals surface area (Å²) in [5.41, 5.74) is 1.43. The minimum absolute atomic E-state index is 0.0259. The van der Waals surface area contributed by atoms with Gasteiger partial charge in [0.1, 0.15) is 17.6 Å². The van der Waals surface area contributed by atoms with E-state index in [-0.39, 0.29) is 12.0 Å². The number of rotatable bonds is 3. The van der Waals surface area contributed by atoms with Gasteiger partial charge >= 0.3 is 0 Å². The van der Waals surface area contributed by atoms with Gasteiger partial charge in [-0.3, -0.25) is 9.48 Å². The zero-order valence-electron chi connectivity index (χ0n) is 13.6. The van der Waals surface area contributed by atoms with E-state index < -0.39 is 0 Å². The number of carbonyl (C=O) groups is 1. The summed E-state index contributed by atoms with van der Waals surface area (Å²) in [5.74, 6) is 0.850. The van der Waals surface area contributed by atoms with Crippen molar-refractivity contribution in [2.45, 2.75) is 6.10 Å². The van der Waals surface area contributed by atoms with E-state index in [2.05, 4.69) is 10.1 Å². The molecule has 1 unspecified atom stereocenters. The zero-order valence-corrected chi connectivity index (χ0v) is 13.6. The predicted molar refractivity (Wildman–Crippen MR) is 86.4 cm³/mol. The molecule has 1 saturated heterocycles. The first-order chi connectivity index (χ1) is 11.1. The van der Waals surface area contributed by atoms with Crippen molar-refractivity contribution in [3.63, 3.8) is 0 Å². The first kappa shape index (κ1) is 15.5. The molecule has 0 bridgehead atoms. The lowest BCUT2D eigenvalue weighted by molar-refractivity contribution is -0.0250. The van der Waals surface area contributed by atoms with E-state index in [1.807, 2.05) is 37.2 Å². The number of anilines is 1. The molecule has 7 nitrogen and oxygen atoms in total. The average molecular weight is 315 g/mol. The van der Waals surface area contributed by atoms with Gasteiger partial charge in [0.25, 0.3) is 5.91 Å². The molecule has 1 amide bonds. The lowest BCUT2D eigenvalue weighted by atomic mass is 10.1. The third kappa shape index (κ3) is 3.19. The summed E-state index contributed by atoms with van der Waals surface area (Å²) in [5, 5.41) is 4.06. The molecule has 122 valence electrons. The quantitative estimate of drug-likeness (QED) is 0.848. The number of amides is 1. The van der Waals surface area contributed by atoms with E-state index in [1.54, 1.807) is 28.9 Å². The van der Waals surface area contributed by atoms with Crippen LogP contribution in [0.4, 0.5) is 5.82 Å². The summed E-state index contributed by atoms with van der Waals surface area (Å²) in [6.45, 7) is 1.57. The van der Waals surface area contributed by atoms with E-state index in [0.29, 0.717) is 25.4 Å². The molecule has 0 N–H and O–H groups in total. The van der Waals surface area contributed by atoms with E-state index in [9.17, 15) is 4.79 Å². The van der Waals surface area contributed by atoms with Crippen molar-refractivity contribution in [1.29, 1.82) is 0 Å². The highest BCUT2D eigenvalue weighted by Gasteiger charge is 2.28.